The molecular weight excluding hydrogens is 372 g/mol. The van der Waals surface area contributed by atoms with Crippen LogP contribution in [0, 0.1) is 6.92 Å². The van der Waals surface area contributed by atoms with Gasteiger partial charge in [-0.3, -0.25) is 4.90 Å². The average molecular weight is 397 g/mol. The van der Waals surface area contributed by atoms with E-state index < -0.39 is 10.0 Å². The van der Waals surface area contributed by atoms with Crippen molar-refractivity contribution in [2.24, 2.45) is 0 Å². The molecule has 1 fully saturated rings. The monoisotopic (exact) mass is 396 g/mol. The summed E-state index contributed by atoms with van der Waals surface area (Å²) in [5.41, 5.74) is 0. The van der Waals surface area contributed by atoms with E-state index in [1.165, 1.54) is 11.3 Å². The van der Waals surface area contributed by atoms with Gasteiger partial charge in [0.1, 0.15) is 22.3 Å². The number of benzene rings is 1. The van der Waals surface area contributed by atoms with Crippen LogP contribution in [-0.2, 0) is 10.0 Å². The fourth-order valence-electron chi connectivity index (χ4n) is 2.84. The van der Waals surface area contributed by atoms with Crippen LogP contribution in [0.5, 0.6) is 11.5 Å². The molecule has 2 heterocycles. The summed E-state index contributed by atoms with van der Waals surface area (Å²) in [6, 6.07) is 11.0. The van der Waals surface area contributed by atoms with Gasteiger partial charge in [-0.2, -0.15) is 4.31 Å². The molecule has 1 aliphatic rings. The van der Waals surface area contributed by atoms with E-state index in [0.717, 1.165) is 36.0 Å². The summed E-state index contributed by atoms with van der Waals surface area (Å²) in [6.07, 6.45) is 0. The topological polar surface area (TPSA) is 59.1 Å². The summed E-state index contributed by atoms with van der Waals surface area (Å²) in [5, 5.41) is 0. The van der Waals surface area contributed by atoms with E-state index >= 15 is 0 Å². The van der Waals surface area contributed by atoms with Crippen molar-refractivity contribution >= 4 is 21.4 Å². The van der Waals surface area contributed by atoms with Crippen LogP contribution >= 0.6 is 11.3 Å². The van der Waals surface area contributed by atoms with Gasteiger partial charge < -0.3 is 9.47 Å². The second-order valence-corrected chi connectivity index (χ2v) is 9.59. The molecule has 0 radical (unpaired) electrons. The van der Waals surface area contributed by atoms with Gasteiger partial charge in [0.25, 0.3) is 10.0 Å². The molecule has 2 aromatic rings. The first-order valence-corrected chi connectivity index (χ1v) is 10.8. The van der Waals surface area contributed by atoms with Crippen molar-refractivity contribution in [1.29, 1.82) is 0 Å². The molecule has 0 saturated carbocycles. The van der Waals surface area contributed by atoms with E-state index in [1.807, 2.05) is 37.3 Å². The molecule has 1 aromatic carbocycles. The Morgan fingerprint density at radius 1 is 1.00 bits per heavy atom. The zero-order valence-corrected chi connectivity index (χ0v) is 16.7. The summed E-state index contributed by atoms with van der Waals surface area (Å²) in [5.74, 6) is 1.61. The SMILES string of the molecule is COc1ccc(OCCN2CCN(S(=O)(=O)c3ccc(C)s3)CC2)cc1. The predicted octanol–water partition coefficient (Wildman–Crippen LogP) is 2.45. The Hall–Kier alpha value is -1.61. The van der Waals surface area contributed by atoms with Crippen LogP contribution in [0.2, 0.25) is 0 Å². The van der Waals surface area contributed by atoms with Gasteiger partial charge in [-0.05, 0) is 43.3 Å². The molecule has 26 heavy (non-hydrogen) atoms. The van der Waals surface area contributed by atoms with Crippen LogP contribution in [0.3, 0.4) is 0 Å². The largest absolute Gasteiger partial charge is 0.497 e. The highest BCUT2D eigenvalue weighted by molar-refractivity contribution is 7.91. The van der Waals surface area contributed by atoms with E-state index in [4.69, 9.17) is 9.47 Å². The molecule has 1 aromatic heterocycles. The number of rotatable bonds is 7. The Balaban J connectivity index is 1.45. The lowest BCUT2D eigenvalue weighted by atomic mass is 10.3. The maximum atomic E-state index is 12.6. The van der Waals surface area contributed by atoms with Crippen LogP contribution in [0.4, 0.5) is 0 Å². The van der Waals surface area contributed by atoms with Gasteiger partial charge in [-0.1, -0.05) is 0 Å². The highest BCUT2D eigenvalue weighted by atomic mass is 32.2. The summed E-state index contributed by atoms with van der Waals surface area (Å²) in [6.45, 7) is 5.74. The molecule has 3 rings (SSSR count). The molecule has 0 spiro atoms. The number of ether oxygens (including phenoxy) is 2. The van der Waals surface area contributed by atoms with Gasteiger partial charge in [-0.15, -0.1) is 11.3 Å². The molecule has 142 valence electrons. The van der Waals surface area contributed by atoms with E-state index in [9.17, 15) is 8.42 Å². The number of piperazine rings is 1. The van der Waals surface area contributed by atoms with Crippen molar-refractivity contribution in [1.82, 2.24) is 9.21 Å². The Bertz CT molecular complexity index is 810. The minimum atomic E-state index is -3.35. The second kappa shape index (κ2) is 8.39. The van der Waals surface area contributed by atoms with Crippen LogP contribution in [0.1, 0.15) is 4.88 Å². The fraction of sp³-hybridized carbons (Fsp3) is 0.444. The first-order valence-electron chi connectivity index (χ1n) is 8.55. The molecular formula is C18H24N2O4S2. The van der Waals surface area contributed by atoms with Gasteiger partial charge in [-0.25, -0.2) is 8.42 Å². The standard InChI is InChI=1S/C18H24N2O4S2/c1-15-3-8-18(25-15)26(21,22)20-11-9-19(10-12-20)13-14-24-17-6-4-16(23-2)5-7-17/h3-8H,9-14H2,1-2H3. The minimum Gasteiger partial charge on any atom is -0.497 e. The quantitative estimate of drug-likeness (QED) is 0.720. The maximum absolute atomic E-state index is 12.6. The van der Waals surface area contributed by atoms with Crippen LogP contribution in [0.25, 0.3) is 0 Å². The number of methoxy groups -OCH3 is 1. The second-order valence-electron chi connectivity index (χ2n) is 6.13. The Kier molecular flexibility index (Phi) is 6.18. The van der Waals surface area contributed by atoms with Crippen molar-refractivity contribution < 1.29 is 17.9 Å². The predicted molar refractivity (Wildman–Crippen MR) is 103 cm³/mol. The fourth-order valence-corrected chi connectivity index (χ4v) is 5.70. The molecule has 0 N–H and O–H groups in total. The highest BCUT2D eigenvalue weighted by Gasteiger charge is 2.29. The van der Waals surface area contributed by atoms with E-state index in [2.05, 4.69) is 4.90 Å². The van der Waals surface area contributed by atoms with Gasteiger partial charge in [0.15, 0.2) is 0 Å². The molecule has 8 heteroatoms. The highest BCUT2D eigenvalue weighted by Crippen LogP contribution is 2.25. The van der Waals surface area contributed by atoms with Crippen LogP contribution in [0.15, 0.2) is 40.6 Å². The van der Waals surface area contributed by atoms with Crippen LogP contribution < -0.4 is 9.47 Å². The zero-order chi connectivity index (χ0) is 18.6. The average Bonchev–Trinajstić information content (AvgIpc) is 3.10. The molecule has 0 aliphatic carbocycles. The molecule has 6 nitrogen and oxygen atoms in total. The summed E-state index contributed by atoms with van der Waals surface area (Å²) in [4.78, 5) is 3.24. The van der Waals surface area contributed by atoms with Gasteiger partial charge in [0.05, 0.1) is 7.11 Å². The van der Waals surface area contributed by atoms with E-state index in [0.29, 0.717) is 23.9 Å². The van der Waals surface area contributed by atoms with Crippen molar-refractivity contribution in [3.05, 3.63) is 41.3 Å². The molecule has 0 unspecified atom stereocenters. The molecule has 0 atom stereocenters. The van der Waals surface area contributed by atoms with Crippen LogP contribution in [-0.4, -0.2) is 64.1 Å². The summed E-state index contributed by atoms with van der Waals surface area (Å²) < 4.78 is 38.2. The molecule has 1 aliphatic heterocycles. The lowest BCUT2D eigenvalue weighted by Crippen LogP contribution is -2.49. The van der Waals surface area contributed by atoms with Crippen molar-refractivity contribution in [3.8, 4) is 11.5 Å². The van der Waals surface area contributed by atoms with Gasteiger partial charge in [0.2, 0.25) is 0 Å². The maximum Gasteiger partial charge on any atom is 0.252 e. The summed E-state index contributed by atoms with van der Waals surface area (Å²) in [7, 11) is -1.72. The first kappa shape index (κ1) is 19.2. The van der Waals surface area contributed by atoms with E-state index in [-0.39, 0.29) is 0 Å². The van der Waals surface area contributed by atoms with Crippen molar-refractivity contribution in [2.45, 2.75) is 11.1 Å². The third-order valence-electron chi connectivity index (χ3n) is 4.38. The van der Waals surface area contributed by atoms with E-state index in [1.54, 1.807) is 17.5 Å². The van der Waals surface area contributed by atoms with Crippen molar-refractivity contribution in [2.75, 3.05) is 46.4 Å². The Labute approximate surface area is 159 Å². The van der Waals surface area contributed by atoms with Gasteiger partial charge in [0, 0.05) is 37.6 Å². The molecule has 0 bridgehead atoms. The smallest absolute Gasteiger partial charge is 0.252 e. The third kappa shape index (κ3) is 4.56. The summed E-state index contributed by atoms with van der Waals surface area (Å²) >= 11 is 1.33. The number of nitrogens with zero attached hydrogens (tertiary/aromatic N) is 2. The Morgan fingerprint density at radius 2 is 1.65 bits per heavy atom. The lowest BCUT2D eigenvalue weighted by Gasteiger charge is -2.33. The molecule has 0 amide bonds. The van der Waals surface area contributed by atoms with Gasteiger partial charge >= 0.3 is 0 Å². The number of thiophene rings is 1. The number of hydrogen-bond donors (Lipinski definition) is 0. The molecule has 1 saturated heterocycles. The van der Waals surface area contributed by atoms with Crippen molar-refractivity contribution in [3.63, 3.8) is 0 Å². The third-order valence-corrected chi connectivity index (χ3v) is 7.74. The Morgan fingerprint density at radius 3 is 2.23 bits per heavy atom. The lowest BCUT2D eigenvalue weighted by molar-refractivity contribution is 0.159. The first-order chi connectivity index (χ1) is 12.5. The normalized spacial score (nSPS) is 16.5. The minimum absolute atomic E-state index is 0.436. The number of sulfonamides is 1. The number of aryl methyl sites for hydroxylation is 1. The zero-order valence-electron chi connectivity index (χ0n) is 15.1. The number of hydrogen-bond acceptors (Lipinski definition) is 6.